The van der Waals surface area contributed by atoms with Gasteiger partial charge in [0.1, 0.15) is 0 Å². The number of guanidine groups is 1. The monoisotopic (exact) mass is 533 g/mol. The van der Waals surface area contributed by atoms with E-state index >= 15 is 0 Å². The standard InChI is InChI=1S/C25H35N5.HI/c1-26-25(30-13-12-24(20-30)23-6-4-3-5-7-23)27-18-21-8-10-22(11-9-21)19-29-16-14-28(2)15-17-29;/h3-11,24H,12-20H2,1-2H3,(H,26,27);1H. The van der Waals surface area contributed by atoms with Crippen molar-refractivity contribution in [2.75, 3.05) is 53.4 Å². The van der Waals surface area contributed by atoms with Crippen molar-refractivity contribution in [3.63, 3.8) is 0 Å². The van der Waals surface area contributed by atoms with Crippen LogP contribution in [0.4, 0.5) is 0 Å². The zero-order valence-corrected chi connectivity index (χ0v) is 21.2. The lowest BCUT2D eigenvalue weighted by Crippen LogP contribution is -2.43. The highest BCUT2D eigenvalue weighted by atomic mass is 127. The van der Waals surface area contributed by atoms with Crippen LogP contribution in [0.1, 0.15) is 29.0 Å². The first-order chi connectivity index (χ1) is 14.7. The van der Waals surface area contributed by atoms with Gasteiger partial charge in [-0.25, -0.2) is 0 Å². The highest BCUT2D eigenvalue weighted by molar-refractivity contribution is 14.0. The zero-order valence-electron chi connectivity index (χ0n) is 18.8. The van der Waals surface area contributed by atoms with Crippen LogP contribution in [0.2, 0.25) is 0 Å². The van der Waals surface area contributed by atoms with Gasteiger partial charge in [-0.05, 0) is 30.2 Å². The maximum Gasteiger partial charge on any atom is 0.193 e. The summed E-state index contributed by atoms with van der Waals surface area (Å²) < 4.78 is 0. The van der Waals surface area contributed by atoms with Gasteiger partial charge in [-0.2, -0.15) is 0 Å². The Balaban J connectivity index is 0.00000272. The summed E-state index contributed by atoms with van der Waals surface area (Å²) in [7, 11) is 4.09. The average Bonchev–Trinajstić information content (AvgIpc) is 3.28. The van der Waals surface area contributed by atoms with E-state index in [1.165, 1.54) is 36.2 Å². The van der Waals surface area contributed by atoms with Crippen LogP contribution in [-0.4, -0.2) is 74.0 Å². The fraction of sp³-hybridized carbons (Fsp3) is 0.480. The summed E-state index contributed by atoms with van der Waals surface area (Å²) >= 11 is 0. The molecule has 0 saturated carbocycles. The number of piperazine rings is 1. The van der Waals surface area contributed by atoms with Gasteiger partial charge in [-0.3, -0.25) is 9.89 Å². The van der Waals surface area contributed by atoms with Gasteiger partial charge in [0.2, 0.25) is 0 Å². The predicted molar refractivity (Wildman–Crippen MR) is 140 cm³/mol. The summed E-state index contributed by atoms with van der Waals surface area (Å²) in [6.07, 6.45) is 1.19. The highest BCUT2D eigenvalue weighted by Crippen LogP contribution is 2.26. The number of halogens is 1. The van der Waals surface area contributed by atoms with Crippen LogP contribution in [0, 0.1) is 0 Å². The molecule has 0 radical (unpaired) electrons. The van der Waals surface area contributed by atoms with Crippen LogP contribution >= 0.6 is 24.0 Å². The highest BCUT2D eigenvalue weighted by Gasteiger charge is 2.25. The van der Waals surface area contributed by atoms with Gasteiger partial charge in [0.15, 0.2) is 5.96 Å². The minimum atomic E-state index is 0. The van der Waals surface area contributed by atoms with Crippen molar-refractivity contribution in [2.24, 2.45) is 4.99 Å². The number of benzene rings is 2. The molecule has 2 fully saturated rings. The third-order valence-corrected chi connectivity index (χ3v) is 6.45. The summed E-state index contributed by atoms with van der Waals surface area (Å²) in [5.74, 6) is 1.61. The van der Waals surface area contributed by atoms with E-state index in [4.69, 9.17) is 0 Å². The molecule has 0 amide bonds. The van der Waals surface area contributed by atoms with E-state index in [-0.39, 0.29) is 24.0 Å². The maximum atomic E-state index is 4.54. The minimum Gasteiger partial charge on any atom is -0.352 e. The van der Waals surface area contributed by atoms with Gasteiger partial charge >= 0.3 is 0 Å². The summed E-state index contributed by atoms with van der Waals surface area (Å²) in [5.41, 5.74) is 4.14. The van der Waals surface area contributed by atoms with Gasteiger partial charge < -0.3 is 15.1 Å². The largest absolute Gasteiger partial charge is 0.352 e. The van der Waals surface area contributed by atoms with E-state index in [9.17, 15) is 0 Å². The minimum absolute atomic E-state index is 0. The smallest absolute Gasteiger partial charge is 0.193 e. The zero-order chi connectivity index (χ0) is 20.8. The lowest BCUT2D eigenvalue weighted by atomic mass is 9.99. The van der Waals surface area contributed by atoms with Crippen LogP contribution in [-0.2, 0) is 13.1 Å². The molecule has 0 spiro atoms. The Hall–Kier alpha value is -1.64. The molecule has 6 heteroatoms. The first kappa shape index (κ1) is 24.0. The molecule has 1 atom stereocenters. The van der Waals surface area contributed by atoms with Crippen LogP contribution in [0.3, 0.4) is 0 Å². The summed E-state index contributed by atoms with van der Waals surface area (Å²) in [5, 5.41) is 3.57. The van der Waals surface area contributed by atoms with Crippen molar-refractivity contribution in [2.45, 2.75) is 25.4 Å². The Morgan fingerprint density at radius 3 is 2.29 bits per heavy atom. The van der Waals surface area contributed by atoms with E-state index in [1.54, 1.807) is 0 Å². The van der Waals surface area contributed by atoms with E-state index in [0.717, 1.165) is 45.2 Å². The molecule has 0 bridgehead atoms. The fourth-order valence-electron chi connectivity index (χ4n) is 4.49. The third-order valence-electron chi connectivity index (χ3n) is 6.45. The molecule has 31 heavy (non-hydrogen) atoms. The number of nitrogens with zero attached hydrogens (tertiary/aromatic N) is 4. The number of rotatable bonds is 5. The van der Waals surface area contributed by atoms with Gasteiger partial charge in [-0.15, -0.1) is 24.0 Å². The third kappa shape index (κ3) is 6.67. The van der Waals surface area contributed by atoms with Crippen molar-refractivity contribution in [1.29, 1.82) is 0 Å². The van der Waals surface area contributed by atoms with Crippen molar-refractivity contribution >= 4 is 29.9 Å². The van der Waals surface area contributed by atoms with Crippen LogP contribution in [0.25, 0.3) is 0 Å². The molecule has 1 unspecified atom stereocenters. The summed E-state index contributed by atoms with van der Waals surface area (Å²) in [4.78, 5) is 11.9. The Labute approximate surface area is 204 Å². The van der Waals surface area contributed by atoms with Gasteiger partial charge in [0.25, 0.3) is 0 Å². The number of hydrogen-bond acceptors (Lipinski definition) is 3. The predicted octanol–water partition coefficient (Wildman–Crippen LogP) is 3.62. The molecular formula is C25H36IN5. The Morgan fingerprint density at radius 1 is 0.935 bits per heavy atom. The van der Waals surface area contributed by atoms with Gasteiger partial charge in [-0.1, -0.05) is 54.6 Å². The molecule has 2 aromatic carbocycles. The van der Waals surface area contributed by atoms with Crippen molar-refractivity contribution in [1.82, 2.24) is 20.0 Å². The first-order valence-electron chi connectivity index (χ1n) is 11.2. The van der Waals surface area contributed by atoms with Crippen LogP contribution in [0.5, 0.6) is 0 Å². The molecule has 0 aromatic heterocycles. The average molecular weight is 534 g/mol. The van der Waals surface area contributed by atoms with Crippen LogP contribution in [0.15, 0.2) is 59.6 Å². The molecule has 1 N–H and O–H groups in total. The molecular weight excluding hydrogens is 497 g/mol. The molecule has 0 aliphatic carbocycles. The molecule has 2 saturated heterocycles. The molecule has 2 aliphatic heterocycles. The van der Waals surface area contributed by atoms with E-state index in [2.05, 4.69) is 86.7 Å². The van der Waals surface area contributed by atoms with Gasteiger partial charge in [0, 0.05) is 65.3 Å². The van der Waals surface area contributed by atoms with Crippen molar-refractivity contribution in [3.8, 4) is 0 Å². The van der Waals surface area contributed by atoms with Crippen molar-refractivity contribution in [3.05, 3.63) is 71.3 Å². The number of likely N-dealkylation sites (N-methyl/N-ethyl adjacent to an activating group) is 1. The quantitative estimate of drug-likeness (QED) is 0.362. The molecule has 5 nitrogen and oxygen atoms in total. The molecule has 168 valence electrons. The van der Waals surface area contributed by atoms with Crippen molar-refractivity contribution < 1.29 is 0 Å². The normalized spacial score (nSPS) is 20.5. The number of nitrogens with one attached hydrogen (secondary N) is 1. The lowest BCUT2D eigenvalue weighted by Gasteiger charge is -2.32. The van der Waals surface area contributed by atoms with Gasteiger partial charge in [0.05, 0.1) is 0 Å². The maximum absolute atomic E-state index is 4.54. The Morgan fingerprint density at radius 2 is 1.61 bits per heavy atom. The number of aliphatic imine (C=N–C) groups is 1. The summed E-state index contributed by atoms with van der Waals surface area (Å²) in [6, 6.07) is 19.9. The first-order valence-corrected chi connectivity index (χ1v) is 11.2. The molecule has 2 aliphatic rings. The fourth-order valence-corrected chi connectivity index (χ4v) is 4.49. The topological polar surface area (TPSA) is 34.1 Å². The van der Waals surface area contributed by atoms with Crippen LogP contribution < -0.4 is 5.32 Å². The number of hydrogen-bond donors (Lipinski definition) is 1. The molecule has 2 aromatic rings. The molecule has 4 rings (SSSR count). The second-order valence-electron chi connectivity index (χ2n) is 8.64. The SMILES string of the molecule is CN=C(NCc1ccc(CN2CCN(C)CC2)cc1)N1CCC(c2ccccc2)C1.I. The second kappa shape index (κ2) is 11.8. The lowest BCUT2D eigenvalue weighted by molar-refractivity contribution is 0.148. The Kier molecular flexibility index (Phi) is 9.16. The Bertz CT molecular complexity index is 816. The number of likely N-dealkylation sites (tertiary alicyclic amines) is 1. The van der Waals surface area contributed by atoms with E-state index < -0.39 is 0 Å². The van der Waals surface area contributed by atoms with E-state index in [0.29, 0.717) is 5.92 Å². The molecule has 2 heterocycles. The van der Waals surface area contributed by atoms with E-state index in [1.807, 2.05) is 7.05 Å². The summed E-state index contributed by atoms with van der Waals surface area (Å²) in [6.45, 7) is 8.63. The second-order valence-corrected chi connectivity index (χ2v) is 8.64.